The molecular formula is C17H17FN2O3S. The number of benzene rings is 2. The molecule has 7 heteroatoms. The molecule has 24 heavy (non-hydrogen) atoms. The Balaban J connectivity index is 1.88. The normalized spacial score (nSPS) is 15.8. The van der Waals surface area contributed by atoms with Gasteiger partial charge in [-0.1, -0.05) is 18.2 Å². The van der Waals surface area contributed by atoms with Crippen LogP contribution in [0.3, 0.4) is 0 Å². The zero-order chi connectivity index (χ0) is 17.5. The minimum atomic E-state index is -3.90. The highest BCUT2D eigenvalue weighted by Gasteiger charge is 2.46. The third-order valence-electron chi connectivity index (χ3n) is 4.24. The quantitative estimate of drug-likeness (QED) is 0.888. The predicted molar refractivity (Wildman–Crippen MR) is 87.3 cm³/mol. The molecule has 1 aliphatic carbocycles. The van der Waals surface area contributed by atoms with Crippen molar-refractivity contribution in [3.63, 3.8) is 0 Å². The highest BCUT2D eigenvalue weighted by Crippen LogP contribution is 2.45. The van der Waals surface area contributed by atoms with Gasteiger partial charge in [0.25, 0.3) is 5.91 Å². The van der Waals surface area contributed by atoms with E-state index in [-0.39, 0.29) is 16.3 Å². The van der Waals surface area contributed by atoms with E-state index in [1.54, 1.807) is 25.1 Å². The molecule has 0 saturated heterocycles. The molecule has 1 amide bonds. The molecule has 0 bridgehead atoms. The smallest absolute Gasteiger partial charge is 0.252 e. The number of halogens is 1. The van der Waals surface area contributed by atoms with E-state index in [1.807, 2.05) is 0 Å². The maximum Gasteiger partial charge on any atom is 0.252 e. The van der Waals surface area contributed by atoms with Gasteiger partial charge in [0.05, 0.1) is 10.4 Å². The second-order valence-corrected chi connectivity index (χ2v) is 7.60. The van der Waals surface area contributed by atoms with Crippen molar-refractivity contribution in [1.82, 2.24) is 5.32 Å². The molecule has 3 rings (SSSR count). The van der Waals surface area contributed by atoms with Crippen LogP contribution in [-0.4, -0.2) is 14.3 Å². The summed E-state index contributed by atoms with van der Waals surface area (Å²) in [6, 6.07) is 10.5. The van der Waals surface area contributed by atoms with E-state index in [0.717, 1.165) is 0 Å². The molecule has 1 saturated carbocycles. The summed E-state index contributed by atoms with van der Waals surface area (Å²) in [5.74, 6) is -0.776. The standard InChI is InChI=1S/C17H17FN2O3S/c1-11-5-6-12(9-15(11)24(19,22)23)16(21)20-17(7-8-17)13-3-2-4-14(18)10-13/h2-6,9-10H,7-8H2,1H3,(H,20,21)(H2,19,22,23). The topological polar surface area (TPSA) is 89.3 Å². The summed E-state index contributed by atoms with van der Waals surface area (Å²) in [4.78, 5) is 12.4. The molecule has 1 fully saturated rings. The molecule has 0 atom stereocenters. The summed E-state index contributed by atoms with van der Waals surface area (Å²) >= 11 is 0. The van der Waals surface area contributed by atoms with Crippen LogP contribution in [0, 0.1) is 12.7 Å². The summed E-state index contributed by atoms with van der Waals surface area (Å²) < 4.78 is 36.6. The number of hydrogen-bond donors (Lipinski definition) is 2. The second kappa shape index (κ2) is 5.68. The zero-order valence-electron chi connectivity index (χ0n) is 13.0. The van der Waals surface area contributed by atoms with Gasteiger partial charge in [0.2, 0.25) is 10.0 Å². The van der Waals surface area contributed by atoms with Crippen LogP contribution >= 0.6 is 0 Å². The summed E-state index contributed by atoms with van der Waals surface area (Å²) in [6.45, 7) is 1.61. The highest BCUT2D eigenvalue weighted by molar-refractivity contribution is 7.89. The third kappa shape index (κ3) is 3.18. The first-order chi connectivity index (χ1) is 11.2. The SMILES string of the molecule is Cc1ccc(C(=O)NC2(c3cccc(F)c3)CC2)cc1S(N)(=O)=O. The average molecular weight is 348 g/mol. The fraction of sp³-hybridized carbons (Fsp3) is 0.235. The lowest BCUT2D eigenvalue weighted by molar-refractivity contribution is 0.0930. The Hall–Kier alpha value is -2.25. The maximum atomic E-state index is 13.4. The lowest BCUT2D eigenvalue weighted by Crippen LogP contribution is -2.35. The van der Waals surface area contributed by atoms with Gasteiger partial charge < -0.3 is 5.32 Å². The van der Waals surface area contributed by atoms with Crippen LogP contribution in [0.1, 0.15) is 34.3 Å². The molecule has 0 radical (unpaired) electrons. The van der Waals surface area contributed by atoms with E-state index in [2.05, 4.69) is 5.32 Å². The Kier molecular flexibility index (Phi) is 3.93. The minimum absolute atomic E-state index is 0.0780. The van der Waals surface area contributed by atoms with Gasteiger partial charge in [0.15, 0.2) is 0 Å². The van der Waals surface area contributed by atoms with Gasteiger partial charge in [-0.05, 0) is 55.2 Å². The number of nitrogens with two attached hydrogens (primary N) is 1. The van der Waals surface area contributed by atoms with Crippen LogP contribution in [0.4, 0.5) is 4.39 Å². The molecule has 1 aliphatic rings. The Morgan fingerprint density at radius 3 is 2.50 bits per heavy atom. The predicted octanol–water partition coefficient (Wildman–Crippen LogP) is 2.20. The van der Waals surface area contributed by atoms with Crippen molar-refractivity contribution in [1.29, 1.82) is 0 Å². The second-order valence-electron chi connectivity index (χ2n) is 6.07. The molecule has 0 aliphatic heterocycles. The van der Waals surface area contributed by atoms with Crippen molar-refractivity contribution in [3.05, 3.63) is 65.0 Å². The molecule has 0 spiro atoms. The Morgan fingerprint density at radius 1 is 1.21 bits per heavy atom. The summed E-state index contributed by atoms with van der Waals surface area (Å²) in [5.41, 5.74) is 0.786. The van der Waals surface area contributed by atoms with Crippen LogP contribution in [0.25, 0.3) is 0 Å². The molecule has 3 N–H and O–H groups in total. The minimum Gasteiger partial charge on any atom is -0.343 e. The van der Waals surface area contributed by atoms with Gasteiger partial charge in [0, 0.05) is 5.56 Å². The van der Waals surface area contributed by atoms with E-state index in [0.29, 0.717) is 24.0 Å². The summed E-state index contributed by atoms with van der Waals surface area (Å²) in [6.07, 6.45) is 1.41. The first kappa shape index (κ1) is 16.6. The largest absolute Gasteiger partial charge is 0.343 e. The van der Waals surface area contributed by atoms with Gasteiger partial charge in [-0.25, -0.2) is 17.9 Å². The molecule has 2 aromatic carbocycles. The van der Waals surface area contributed by atoms with Gasteiger partial charge in [0.1, 0.15) is 5.82 Å². The first-order valence-electron chi connectivity index (χ1n) is 7.43. The summed E-state index contributed by atoms with van der Waals surface area (Å²) in [7, 11) is -3.90. The van der Waals surface area contributed by atoms with E-state index >= 15 is 0 Å². The molecule has 0 unspecified atom stereocenters. The maximum absolute atomic E-state index is 13.4. The fourth-order valence-corrected chi connectivity index (χ4v) is 3.54. The van der Waals surface area contributed by atoms with Gasteiger partial charge in [-0.3, -0.25) is 4.79 Å². The Labute approximate surface area is 139 Å². The molecule has 0 aromatic heterocycles. The van der Waals surface area contributed by atoms with Crippen LogP contribution in [0.5, 0.6) is 0 Å². The highest BCUT2D eigenvalue weighted by atomic mass is 32.2. The monoisotopic (exact) mass is 348 g/mol. The fourth-order valence-electron chi connectivity index (χ4n) is 2.73. The number of carbonyl (C=O) groups excluding carboxylic acids is 1. The number of hydrogen-bond acceptors (Lipinski definition) is 3. The molecule has 5 nitrogen and oxygen atoms in total. The van der Waals surface area contributed by atoms with Gasteiger partial charge in [-0.15, -0.1) is 0 Å². The lowest BCUT2D eigenvalue weighted by atomic mass is 10.0. The van der Waals surface area contributed by atoms with Crippen molar-refractivity contribution in [2.75, 3.05) is 0 Å². The number of sulfonamides is 1. The van der Waals surface area contributed by atoms with Crippen LogP contribution < -0.4 is 10.5 Å². The van der Waals surface area contributed by atoms with Crippen LogP contribution in [0.2, 0.25) is 0 Å². The number of primary sulfonamides is 1. The Morgan fingerprint density at radius 2 is 1.92 bits per heavy atom. The molecular weight excluding hydrogens is 331 g/mol. The number of amides is 1. The van der Waals surface area contributed by atoms with Crippen molar-refractivity contribution in [3.8, 4) is 0 Å². The number of aryl methyl sites for hydroxylation is 1. The average Bonchev–Trinajstić information content (AvgIpc) is 3.27. The van der Waals surface area contributed by atoms with E-state index < -0.39 is 21.5 Å². The Bertz CT molecular complexity index is 921. The molecule has 126 valence electrons. The molecule has 0 heterocycles. The van der Waals surface area contributed by atoms with E-state index in [9.17, 15) is 17.6 Å². The third-order valence-corrected chi connectivity index (χ3v) is 5.29. The zero-order valence-corrected chi connectivity index (χ0v) is 13.9. The van der Waals surface area contributed by atoms with E-state index in [4.69, 9.17) is 5.14 Å². The number of carbonyl (C=O) groups is 1. The first-order valence-corrected chi connectivity index (χ1v) is 8.98. The van der Waals surface area contributed by atoms with Crippen molar-refractivity contribution < 1.29 is 17.6 Å². The number of rotatable bonds is 4. The van der Waals surface area contributed by atoms with Gasteiger partial charge in [-0.2, -0.15) is 0 Å². The molecule has 2 aromatic rings. The van der Waals surface area contributed by atoms with Crippen molar-refractivity contribution in [2.45, 2.75) is 30.2 Å². The van der Waals surface area contributed by atoms with E-state index in [1.165, 1.54) is 24.3 Å². The van der Waals surface area contributed by atoms with Gasteiger partial charge >= 0.3 is 0 Å². The van der Waals surface area contributed by atoms with Crippen LogP contribution in [-0.2, 0) is 15.6 Å². The summed E-state index contributed by atoms with van der Waals surface area (Å²) in [5, 5.41) is 8.06. The number of nitrogens with one attached hydrogen (secondary N) is 1. The van der Waals surface area contributed by atoms with Crippen molar-refractivity contribution >= 4 is 15.9 Å². The van der Waals surface area contributed by atoms with Crippen molar-refractivity contribution in [2.24, 2.45) is 5.14 Å². The lowest BCUT2D eigenvalue weighted by Gasteiger charge is -2.18. The van der Waals surface area contributed by atoms with Crippen LogP contribution in [0.15, 0.2) is 47.4 Å².